The van der Waals surface area contributed by atoms with E-state index >= 15 is 0 Å². The van der Waals surface area contributed by atoms with Crippen molar-refractivity contribution in [2.45, 2.75) is 19.4 Å². The highest BCUT2D eigenvalue weighted by Gasteiger charge is 2.08. The van der Waals surface area contributed by atoms with Crippen LogP contribution in [0.25, 0.3) is 0 Å². The molecule has 0 saturated heterocycles. The normalized spacial score (nSPS) is 12.1. The van der Waals surface area contributed by atoms with Gasteiger partial charge in [-0.15, -0.1) is 0 Å². The number of carbonyl (C=O) groups is 1. The molecule has 0 aliphatic rings. The Labute approximate surface area is 87.3 Å². The van der Waals surface area contributed by atoms with Crippen molar-refractivity contribution in [2.24, 2.45) is 0 Å². The minimum absolute atomic E-state index is 0.366. The Morgan fingerprint density at radius 1 is 1.50 bits per heavy atom. The number of carboxylic acids is 1. The first kappa shape index (κ1) is 10.9. The molecule has 0 bridgehead atoms. The summed E-state index contributed by atoms with van der Waals surface area (Å²) in [5.74, 6) is -0.729. The number of hydrogen-bond donors (Lipinski definition) is 0. The van der Waals surface area contributed by atoms with Gasteiger partial charge in [0.05, 0.1) is 5.97 Å². The Kier molecular flexibility index (Phi) is 3.77. The molecule has 76 valence electrons. The van der Waals surface area contributed by atoms with Crippen molar-refractivity contribution in [3.8, 4) is 5.75 Å². The summed E-state index contributed by atoms with van der Waals surface area (Å²) in [5, 5.41) is 11.1. The van der Waals surface area contributed by atoms with E-state index in [-0.39, 0.29) is 0 Å². The first-order chi connectivity index (χ1) is 6.63. The zero-order chi connectivity index (χ0) is 10.6. The monoisotopic (exact) mass is 213 g/mol. The number of carboxylic acid groups (broad SMARTS) is 1. The molecule has 0 spiro atoms. The van der Waals surface area contributed by atoms with Crippen LogP contribution in [-0.2, 0) is 4.79 Å². The molecule has 0 radical (unpaired) electrons. The molecule has 0 fully saturated rings. The predicted octanol–water partition coefficient (Wildman–Crippen LogP) is 1.25. The molecule has 1 aromatic carbocycles. The van der Waals surface area contributed by atoms with Crippen LogP contribution in [0, 0.1) is 0 Å². The van der Waals surface area contributed by atoms with Gasteiger partial charge in [-0.1, -0.05) is 18.5 Å². The highest BCUT2D eigenvalue weighted by molar-refractivity contribution is 6.30. The SMILES string of the molecule is CCC(Oc1ccc(Cl)cc1)C(=O)[O-]. The van der Waals surface area contributed by atoms with Crippen LogP contribution in [0.1, 0.15) is 13.3 Å². The van der Waals surface area contributed by atoms with Gasteiger partial charge in [0, 0.05) is 5.02 Å². The average molecular weight is 214 g/mol. The zero-order valence-electron chi connectivity index (χ0n) is 7.70. The summed E-state index contributed by atoms with van der Waals surface area (Å²) in [4.78, 5) is 10.5. The minimum Gasteiger partial charge on any atom is -0.546 e. The van der Waals surface area contributed by atoms with E-state index in [9.17, 15) is 9.90 Å². The highest BCUT2D eigenvalue weighted by atomic mass is 35.5. The van der Waals surface area contributed by atoms with Gasteiger partial charge in [0.15, 0.2) is 0 Å². The van der Waals surface area contributed by atoms with Gasteiger partial charge in [0.25, 0.3) is 0 Å². The zero-order valence-corrected chi connectivity index (χ0v) is 8.45. The van der Waals surface area contributed by atoms with Crippen LogP contribution in [0.4, 0.5) is 0 Å². The summed E-state index contributed by atoms with van der Waals surface area (Å²) in [5.41, 5.74) is 0. The summed E-state index contributed by atoms with van der Waals surface area (Å²) in [6.07, 6.45) is -0.540. The van der Waals surface area contributed by atoms with Crippen LogP contribution in [0.3, 0.4) is 0 Å². The Morgan fingerprint density at radius 3 is 2.50 bits per heavy atom. The van der Waals surface area contributed by atoms with Gasteiger partial charge in [-0.3, -0.25) is 0 Å². The van der Waals surface area contributed by atoms with Crippen molar-refractivity contribution in [2.75, 3.05) is 0 Å². The second-order valence-corrected chi connectivity index (χ2v) is 3.22. The molecule has 0 amide bonds. The summed E-state index contributed by atoms with van der Waals surface area (Å²) >= 11 is 5.66. The number of carbonyl (C=O) groups excluding carboxylic acids is 1. The van der Waals surface area contributed by atoms with Gasteiger partial charge in [-0.2, -0.15) is 0 Å². The maximum Gasteiger partial charge on any atom is 0.138 e. The molecule has 1 aromatic rings. The highest BCUT2D eigenvalue weighted by Crippen LogP contribution is 2.17. The Bertz CT molecular complexity index is 308. The second-order valence-electron chi connectivity index (χ2n) is 2.79. The molecule has 1 rings (SSSR count). The fraction of sp³-hybridized carbons (Fsp3) is 0.300. The molecule has 1 atom stereocenters. The number of aliphatic carboxylic acids is 1. The van der Waals surface area contributed by atoms with Crippen LogP contribution < -0.4 is 9.84 Å². The number of halogens is 1. The Morgan fingerprint density at radius 2 is 2.07 bits per heavy atom. The quantitative estimate of drug-likeness (QED) is 0.756. The van der Waals surface area contributed by atoms with E-state index in [0.717, 1.165) is 0 Å². The standard InChI is InChI=1S/C10H11ClO3/c1-2-9(10(12)13)14-8-5-3-7(11)4-6-8/h3-6,9H,2H2,1H3,(H,12,13)/p-1. The minimum atomic E-state index is -1.21. The molecule has 14 heavy (non-hydrogen) atoms. The number of hydrogen-bond acceptors (Lipinski definition) is 3. The molecular formula is C10H10ClO3-. The lowest BCUT2D eigenvalue weighted by atomic mass is 10.3. The number of benzene rings is 1. The van der Waals surface area contributed by atoms with E-state index in [1.807, 2.05) is 0 Å². The topological polar surface area (TPSA) is 49.4 Å². The lowest BCUT2D eigenvalue weighted by molar-refractivity contribution is -0.313. The molecule has 0 N–H and O–H groups in total. The van der Waals surface area contributed by atoms with E-state index in [2.05, 4.69) is 0 Å². The van der Waals surface area contributed by atoms with Crippen LogP contribution in [0.2, 0.25) is 5.02 Å². The first-order valence-corrected chi connectivity index (χ1v) is 4.64. The Hall–Kier alpha value is -1.22. The van der Waals surface area contributed by atoms with Crippen LogP contribution in [0.5, 0.6) is 5.75 Å². The largest absolute Gasteiger partial charge is 0.546 e. The maximum atomic E-state index is 10.5. The third-order valence-corrected chi connectivity index (χ3v) is 1.98. The molecule has 0 aromatic heterocycles. The molecular weight excluding hydrogens is 204 g/mol. The van der Waals surface area contributed by atoms with E-state index in [4.69, 9.17) is 16.3 Å². The van der Waals surface area contributed by atoms with Gasteiger partial charge < -0.3 is 14.6 Å². The van der Waals surface area contributed by atoms with Gasteiger partial charge in [0.1, 0.15) is 11.9 Å². The van der Waals surface area contributed by atoms with Crippen LogP contribution in [-0.4, -0.2) is 12.1 Å². The first-order valence-electron chi connectivity index (χ1n) is 4.26. The second kappa shape index (κ2) is 4.86. The lowest BCUT2D eigenvalue weighted by Crippen LogP contribution is -2.39. The van der Waals surface area contributed by atoms with E-state index < -0.39 is 12.1 Å². The van der Waals surface area contributed by atoms with Gasteiger partial charge in [-0.05, 0) is 30.7 Å². The average Bonchev–Trinajstić information content (AvgIpc) is 2.16. The molecule has 4 heteroatoms. The fourth-order valence-electron chi connectivity index (χ4n) is 0.976. The van der Waals surface area contributed by atoms with Gasteiger partial charge >= 0.3 is 0 Å². The third kappa shape index (κ3) is 2.92. The predicted molar refractivity (Wildman–Crippen MR) is 51.2 cm³/mol. The lowest BCUT2D eigenvalue weighted by Gasteiger charge is -2.18. The van der Waals surface area contributed by atoms with Crippen molar-refractivity contribution in [1.82, 2.24) is 0 Å². The summed E-state index contributed by atoms with van der Waals surface area (Å²) in [6, 6.07) is 6.51. The smallest absolute Gasteiger partial charge is 0.138 e. The van der Waals surface area contributed by atoms with Crippen molar-refractivity contribution < 1.29 is 14.6 Å². The number of ether oxygens (including phenoxy) is 1. The Balaban J connectivity index is 2.67. The van der Waals surface area contributed by atoms with Crippen molar-refractivity contribution in [3.05, 3.63) is 29.3 Å². The van der Waals surface area contributed by atoms with Crippen LogP contribution >= 0.6 is 11.6 Å². The summed E-state index contributed by atoms with van der Waals surface area (Å²) in [7, 11) is 0. The fourth-order valence-corrected chi connectivity index (χ4v) is 1.10. The summed E-state index contributed by atoms with van der Waals surface area (Å²) < 4.78 is 5.16. The maximum absolute atomic E-state index is 10.5. The van der Waals surface area contributed by atoms with Crippen LogP contribution in [0.15, 0.2) is 24.3 Å². The molecule has 3 nitrogen and oxygen atoms in total. The van der Waals surface area contributed by atoms with Crippen molar-refractivity contribution in [1.29, 1.82) is 0 Å². The summed E-state index contributed by atoms with van der Waals surface area (Å²) in [6.45, 7) is 1.72. The molecule has 0 saturated carbocycles. The molecule has 1 unspecified atom stereocenters. The van der Waals surface area contributed by atoms with Gasteiger partial charge in [0.2, 0.25) is 0 Å². The van der Waals surface area contributed by atoms with Crippen molar-refractivity contribution >= 4 is 17.6 Å². The van der Waals surface area contributed by atoms with Gasteiger partial charge in [-0.25, -0.2) is 0 Å². The molecule has 0 aliphatic heterocycles. The molecule has 0 heterocycles. The van der Waals surface area contributed by atoms with E-state index in [1.165, 1.54) is 0 Å². The third-order valence-electron chi connectivity index (χ3n) is 1.73. The van der Waals surface area contributed by atoms with E-state index in [0.29, 0.717) is 17.2 Å². The van der Waals surface area contributed by atoms with E-state index in [1.54, 1.807) is 31.2 Å². The number of rotatable bonds is 4. The van der Waals surface area contributed by atoms with Crippen molar-refractivity contribution in [3.63, 3.8) is 0 Å². The molecule has 0 aliphatic carbocycles.